The molecule has 3 nitrogen and oxygen atoms in total. The van der Waals surface area contributed by atoms with E-state index in [1.807, 2.05) is 6.92 Å². The number of carboxylic acids is 1. The third kappa shape index (κ3) is 3.70. The van der Waals surface area contributed by atoms with Crippen LogP contribution in [0.25, 0.3) is 0 Å². The van der Waals surface area contributed by atoms with Crippen LogP contribution in [-0.4, -0.2) is 35.6 Å². The minimum absolute atomic E-state index is 0.574. The van der Waals surface area contributed by atoms with Crippen molar-refractivity contribution in [1.82, 2.24) is 4.90 Å². The highest BCUT2D eigenvalue weighted by Gasteiger charge is 2.35. The molecule has 3 unspecified atom stereocenters. The zero-order chi connectivity index (χ0) is 13.1. The summed E-state index contributed by atoms with van der Waals surface area (Å²) in [6, 6.07) is 0. The van der Waals surface area contributed by atoms with E-state index in [1.165, 1.54) is 6.42 Å². The Kier molecular flexibility index (Phi) is 4.99. The number of rotatable bonds is 5. The monoisotopic (exact) mass is 241 g/mol. The molecule has 0 aliphatic carbocycles. The predicted molar refractivity (Wildman–Crippen MR) is 70.0 cm³/mol. The van der Waals surface area contributed by atoms with Crippen molar-refractivity contribution in [1.29, 1.82) is 0 Å². The molecule has 0 spiro atoms. The van der Waals surface area contributed by atoms with Gasteiger partial charge in [-0.15, -0.1) is 0 Å². The summed E-state index contributed by atoms with van der Waals surface area (Å²) in [7, 11) is 0. The van der Waals surface area contributed by atoms with Crippen LogP contribution in [0.15, 0.2) is 0 Å². The quantitative estimate of drug-likeness (QED) is 0.804. The van der Waals surface area contributed by atoms with Crippen molar-refractivity contribution in [2.24, 2.45) is 17.3 Å². The van der Waals surface area contributed by atoms with Gasteiger partial charge >= 0.3 is 5.97 Å². The minimum Gasteiger partial charge on any atom is -0.481 e. The fourth-order valence-electron chi connectivity index (χ4n) is 2.79. The van der Waals surface area contributed by atoms with Crippen molar-refractivity contribution in [2.75, 3.05) is 19.6 Å². The first kappa shape index (κ1) is 14.5. The maximum atomic E-state index is 11.4. The van der Waals surface area contributed by atoms with Crippen LogP contribution in [0.4, 0.5) is 0 Å². The molecule has 0 bridgehead atoms. The van der Waals surface area contributed by atoms with Crippen molar-refractivity contribution in [3.63, 3.8) is 0 Å². The number of hydrogen-bond donors (Lipinski definition) is 1. The summed E-state index contributed by atoms with van der Waals surface area (Å²) in [5.41, 5.74) is -0.574. The van der Waals surface area contributed by atoms with Gasteiger partial charge in [0.1, 0.15) is 0 Å². The molecule has 0 amide bonds. The van der Waals surface area contributed by atoms with Crippen molar-refractivity contribution in [3.05, 3.63) is 0 Å². The number of hydrogen-bond acceptors (Lipinski definition) is 2. The Bertz CT molecular complexity index is 267. The fourth-order valence-corrected chi connectivity index (χ4v) is 2.79. The van der Waals surface area contributed by atoms with E-state index < -0.39 is 11.4 Å². The van der Waals surface area contributed by atoms with Crippen LogP contribution >= 0.6 is 0 Å². The highest BCUT2D eigenvalue weighted by molar-refractivity contribution is 5.74. The first-order valence-electron chi connectivity index (χ1n) is 6.85. The van der Waals surface area contributed by atoms with Gasteiger partial charge in [0.25, 0.3) is 0 Å². The van der Waals surface area contributed by atoms with E-state index >= 15 is 0 Å². The van der Waals surface area contributed by atoms with Crippen molar-refractivity contribution >= 4 is 5.97 Å². The van der Waals surface area contributed by atoms with Gasteiger partial charge in [-0.3, -0.25) is 4.79 Å². The molecule has 1 heterocycles. The maximum absolute atomic E-state index is 11.4. The molecule has 1 fully saturated rings. The third-order valence-electron chi connectivity index (χ3n) is 4.31. The van der Waals surface area contributed by atoms with Gasteiger partial charge in [0.2, 0.25) is 0 Å². The van der Waals surface area contributed by atoms with E-state index in [2.05, 4.69) is 25.7 Å². The Morgan fingerprint density at radius 1 is 1.41 bits per heavy atom. The van der Waals surface area contributed by atoms with Crippen LogP contribution < -0.4 is 0 Å². The normalized spacial score (nSPS) is 29.9. The lowest BCUT2D eigenvalue weighted by atomic mass is 9.82. The van der Waals surface area contributed by atoms with Gasteiger partial charge in [-0.1, -0.05) is 27.2 Å². The molecule has 3 atom stereocenters. The lowest BCUT2D eigenvalue weighted by Crippen LogP contribution is -2.46. The van der Waals surface area contributed by atoms with E-state index in [9.17, 15) is 9.90 Å². The van der Waals surface area contributed by atoms with Crippen LogP contribution in [0.5, 0.6) is 0 Å². The highest BCUT2D eigenvalue weighted by Crippen LogP contribution is 2.29. The van der Waals surface area contributed by atoms with E-state index in [0.717, 1.165) is 31.8 Å². The summed E-state index contributed by atoms with van der Waals surface area (Å²) < 4.78 is 0. The number of piperidine rings is 1. The second-order valence-corrected chi connectivity index (χ2v) is 6.09. The zero-order valence-corrected chi connectivity index (χ0v) is 11.7. The van der Waals surface area contributed by atoms with Gasteiger partial charge in [-0.25, -0.2) is 0 Å². The van der Waals surface area contributed by atoms with Crippen LogP contribution in [0.3, 0.4) is 0 Å². The molecular formula is C14H27NO2. The Morgan fingerprint density at radius 2 is 2.06 bits per heavy atom. The number of carboxylic acid groups (broad SMARTS) is 1. The highest BCUT2D eigenvalue weighted by atomic mass is 16.4. The molecule has 0 radical (unpaired) electrons. The third-order valence-corrected chi connectivity index (χ3v) is 4.31. The molecule has 1 aliphatic heterocycles. The summed E-state index contributed by atoms with van der Waals surface area (Å²) in [6.45, 7) is 11.3. The number of likely N-dealkylation sites (tertiary alicyclic amines) is 1. The first-order valence-corrected chi connectivity index (χ1v) is 6.85. The zero-order valence-electron chi connectivity index (χ0n) is 11.7. The lowest BCUT2D eigenvalue weighted by molar-refractivity contribution is -0.150. The Balaban J connectivity index is 2.59. The van der Waals surface area contributed by atoms with E-state index in [0.29, 0.717) is 12.5 Å². The average molecular weight is 241 g/mol. The number of aliphatic carboxylic acids is 1. The Labute approximate surface area is 105 Å². The largest absolute Gasteiger partial charge is 0.481 e. The Hall–Kier alpha value is -0.570. The SMILES string of the molecule is CCCC(C)(CN1CCC(C)C(C)C1)C(=O)O. The molecule has 0 aromatic heterocycles. The summed E-state index contributed by atoms with van der Waals surface area (Å²) >= 11 is 0. The van der Waals surface area contributed by atoms with Crippen LogP contribution in [-0.2, 0) is 4.79 Å². The van der Waals surface area contributed by atoms with Gasteiger partial charge in [-0.2, -0.15) is 0 Å². The summed E-state index contributed by atoms with van der Waals surface area (Å²) in [4.78, 5) is 13.7. The predicted octanol–water partition coefficient (Wildman–Crippen LogP) is 2.86. The summed E-state index contributed by atoms with van der Waals surface area (Å²) in [5, 5.41) is 9.39. The molecule has 1 saturated heterocycles. The topological polar surface area (TPSA) is 40.5 Å². The van der Waals surface area contributed by atoms with Crippen molar-refractivity contribution < 1.29 is 9.90 Å². The molecule has 1 rings (SSSR count). The Morgan fingerprint density at radius 3 is 2.53 bits per heavy atom. The van der Waals surface area contributed by atoms with Crippen LogP contribution in [0.2, 0.25) is 0 Å². The lowest BCUT2D eigenvalue weighted by Gasteiger charge is -2.39. The smallest absolute Gasteiger partial charge is 0.310 e. The van der Waals surface area contributed by atoms with E-state index in [1.54, 1.807) is 0 Å². The maximum Gasteiger partial charge on any atom is 0.310 e. The number of nitrogens with zero attached hydrogens (tertiary/aromatic N) is 1. The van der Waals surface area contributed by atoms with Crippen LogP contribution in [0, 0.1) is 17.3 Å². The molecule has 1 N–H and O–H groups in total. The van der Waals surface area contributed by atoms with E-state index in [-0.39, 0.29) is 0 Å². The van der Waals surface area contributed by atoms with Gasteiger partial charge in [0.05, 0.1) is 5.41 Å². The van der Waals surface area contributed by atoms with Gasteiger partial charge in [0, 0.05) is 13.1 Å². The molecule has 100 valence electrons. The minimum atomic E-state index is -0.648. The fraction of sp³-hybridized carbons (Fsp3) is 0.929. The van der Waals surface area contributed by atoms with Crippen molar-refractivity contribution in [3.8, 4) is 0 Å². The summed E-state index contributed by atoms with van der Waals surface area (Å²) in [6.07, 6.45) is 2.90. The van der Waals surface area contributed by atoms with E-state index in [4.69, 9.17) is 0 Å². The second-order valence-electron chi connectivity index (χ2n) is 6.09. The molecule has 0 aromatic carbocycles. The van der Waals surface area contributed by atoms with Crippen molar-refractivity contribution in [2.45, 2.75) is 47.0 Å². The van der Waals surface area contributed by atoms with Gasteiger partial charge in [0.15, 0.2) is 0 Å². The second kappa shape index (κ2) is 5.85. The molecular weight excluding hydrogens is 214 g/mol. The van der Waals surface area contributed by atoms with Gasteiger partial charge < -0.3 is 10.0 Å². The standard InChI is InChI=1S/C14H27NO2/c1-5-7-14(4,13(16)17)10-15-8-6-11(2)12(3)9-15/h11-12H,5-10H2,1-4H3,(H,16,17). The summed E-state index contributed by atoms with van der Waals surface area (Å²) in [5.74, 6) is 0.808. The molecule has 1 aliphatic rings. The first-order chi connectivity index (χ1) is 7.89. The van der Waals surface area contributed by atoms with Crippen LogP contribution in [0.1, 0.15) is 47.0 Å². The molecule has 3 heteroatoms. The molecule has 0 saturated carbocycles. The average Bonchev–Trinajstić information content (AvgIpc) is 2.23. The van der Waals surface area contributed by atoms with Gasteiger partial charge in [-0.05, 0) is 38.1 Å². The molecule has 0 aromatic rings. The molecule has 17 heavy (non-hydrogen) atoms. The number of carbonyl (C=O) groups is 1.